The second-order valence-corrected chi connectivity index (χ2v) is 4.41. The number of hydrogen-bond donors (Lipinski definition) is 0. The molecule has 0 N–H and O–H groups in total. The van der Waals surface area contributed by atoms with Crippen LogP contribution in [0, 0.1) is 11.3 Å². The molecule has 0 rings (SSSR count). The van der Waals surface area contributed by atoms with E-state index < -0.39 is 9.84 Å². The Bertz CT molecular complexity index is 227. The fourth-order valence-corrected chi connectivity index (χ4v) is 0.851. The Kier molecular flexibility index (Phi) is 4.83. The van der Waals surface area contributed by atoms with E-state index in [1.807, 2.05) is 6.07 Å². The van der Waals surface area contributed by atoms with E-state index in [1.54, 1.807) is 0 Å². The second kappa shape index (κ2) is 5.10. The summed E-state index contributed by atoms with van der Waals surface area (Å²) >= 11 is 0. The third kappa shape index (κ3) is 9.40. The molecule has 0 aliphatic heterocycles. The minimum Gasteiger partial charge on any atom is -0.379 e. The predicted octanol–water partition coefficient (Wildman–Crippen LogP) is -0.0387. The van der Waals surface area contributed by atoms with Gasteiger partial charge in [0.15, 0.2) is 0 Å². The van der Waals surface area contributed by atoms with Crippen LogP contribution in [0.5, 0.6) is 0 Å². The first kappa shape index (κ1) is 10.4. The molecular formula is C6H11NO3S. The van der Waals surface area contributed by atoms with E-state index in [9.17, 15) is 8.42 Å². The maximum absolute atomic E-state index is 10.5. The molecule has 0 aliphatic carbocycles. The standard InChI is InChI=1S/C6H11NO3S/c1-11(8,9)6-5-10-4-2-3-7/h2,4-6H2,1H3. The molecule has 0 atom stereocenters. The highest BCUT2D eigenvalue weighted by Crippen LogP contribution is 1.85. The molecule has 0 aromatic heterocycles. The third-order valence-electron chi connectivity index (χ3n) is 0.957. The lowest BCUT2D eigenvalue weighted by molar-refractivity contribution is 0.155. The van der Waals surface area contributed by atoms with Crippen LogP contribution in [-0.4, -0.2) is 33.6 Å². The molecule has 0 radical (unpaired) electrons. The van der Waals surface area contributed by atoms with Crippen LogP contribution in [0.25, 0.3) is 0 Å². The number of nitrogens with zero attached hydrogens (tertiary/aromatic N) is 1. The number of sulfone groups is 1. The van der Waals surface area contributed by atoms with Crippen molar-refractivity contribution < 1.29 is 13.2 Å². The number of ether oxygens (including phenoxy) is 1. The molecule has 5 heteroatoms. The molecule has 0 aromatic carbocycles. The Hall–Kier alpha value is -0.600. The van der Waals surface area contributed by atoms with Gasteiger partial charge < -0.3 is 4.74 Å². The minimum absolute atomic E-state index is 0.0262. The van der Waals surface area contributed by atoms with E-state index in [-0.39, 0.29) is 12.4 Å². The van der Waals surface area contributed by atoms with Crippen LogP contribution < -0.4 is 0 Å². The van der Waals surface area contributed by atoms with E-state index in [0.717, 1.165) is 6.26 Å². The van der Waals surface area contributed by atoms with E-state index in [1.165, 1.54) is 0 Å². The van der Waals surface area contributed by atoms with Gasteiger partial charge in [0.25, 0.3) is 0 Å². The first-order valence-corrected chi connectivity index (χ1v) is 5.25. The monoisotopic (exact) mass is 177 g/mol. The topological polar surface area (TPSA) is 67.2 Å². The van der Waals surface area contributed by atoms with Gasteiger partial charge in [-0.05, 0) is 0 Å². The van der Waals surface area contributed by atoms with Gasteiger partial charge >= 0.3 is 0 Å². The molecular weight excluding hydrogens is 166 g/mol. The van der Waals surface area contributed by atoms with Crippen molar-refractivity contribution in [1.82, 2.24) is 0 Å². The van der Waals surface area contributed by atoms with Gasteiger partial charge in [-0.1, -0.05) is 0 Å². The molecule has 0 saturated heterocycles. The van der Waals surface area contributed by atoms with Gasteiger partial charge in [0.1, 0.15) is 9.84 Å². The summed E-state index contributed by atoms with van der Waals surface area (Å²) in [6.45, 7) is 0.493. The van der Waals surface area contributed by atoms with E-state index in [4.69, 9.17) is 10.00 Å². The molecule has 0 aromatic rings. The Morgan fingerprint density at radius 2 is 2.09 bits per heavy atom. The Balaban J connectivity index is 3.24. The van der Waals surface area contributed by atoms with Crippen molar-refractivity contribution in [3.05, 3.63) is 0 Å². The summed E-state index contributed by atoms with van der Waals surface area (Å²) in [5.74, 6) is 0.0262. The normalized spacial score (nSPS) is 10.9. The van der Waals surface area contributed by atoms with E-state index >= 15 is 0 Å². The Morgan fingerprint density at radius 1 is 1.45 bits per heavy atom. The summed E-state index contributed by atoms with van der Waals surface area (Å²) in [6, 6.07) is 1.89. The molecule has 0 heterocycles. The van der Waals surface area contributed by atoms with Gasteiger partial charge in [0, 0.05) is 6.26 Å². The molecule has 4 nitrogen and oxygen atoms in total. The SMILES string of the molecule is CS(=O)(=O)CCOCCC#N. The average Bonchev–Trinajstić information content (AvgIpc) is 1.85. The molecule has 0 spiro atoms. The molecule has 64 valence electrons. The minimum atomic E-state index is -2.92. The molecule has 0 bridgehead atoms. The van der Waals surface area contributed by atoms with Crippen molar-refractivity contribution in [3.63, 3.8) is 0 Å². The zero-order valence-corrected chi connectivity index (χ0v) is 7.23. The molecule has 0 saturated carbocycles. The lowest BCUT2D eigenvalue weighted by Gasteiger charge is -1.98. The number of hydrogen-bond acceptors (Lipinski definition) is 4. The maximum atomic E-state index is 10.5. The van der Waals surface area contributed by atoms with Crippen LogP contribution in [0.1, 0.15) is 6.42 Å². The largest absolute Gasteiger partial charge is 0.379 e. The summed E-state index contributed by atoms with van der Waals surface area (Å²) in [4.78, 5) is 0. The summed E-state index contributed by atoms with van der Waals surface area (Å²) < 4.78 is 25.9. The van der Waals surface area contributed by atoms with Gasteiger partial charge in [-0.15, -0.1) is 0 Å². The van der Waals surface area contributed by atoms with Crippen LogP contribution >= 0.6 is 0 Å². The van der Waals surface area contributed by atoms with Crippen molar-refractivity contribution in [3.8, 4) is 6.07 Å². The van der Waals surface area contributed by atoms with Crippen LogP contribution in [0.4, 0.5) is 0 Å². The van der Waals surface area contributed by atoms with Crippen LogP contribution in [0.15, 0.2) is 0 Å². The first-order chi connectivity index (χ1) is 5.06. The molecule has 11 heavy (non-hydrogen) atoms. The van der Waals surface area contributed by atoms with Crippen molar-refractivity contribution in [2.24, 2.45) is 0 Å². The zero-order chi connectivity index (χ0) is 8.74. The van der Waals surface area contributed by atoms with Gasteiger partial charge in [-0.3, -0.25) is 0 Å². The second-order valence-electron chi connectivity index (χ2n) is 2.15. The average molecular weight is 177 g/mol. The molecule has 0 fully saturated rings. The molecule has 0 aliphatic rings. The fourth-order valence-electron chi connectivity index (χ4n) is 0.430. The van der Waals surface area contributed by atoms with Crippen LogP contribution in [0.3, 0.4) is 0 Å². The van der Waals surface area contributed by atoms with Gasteiger partial charge in [0.05, 0.1) is 31.5 Å². The highest BCUT2D eigenvalue weighted by Gasteiger charge is 2.00. The Labute approximate surface area is 66.7 Å². The Morgan fingerprint density at radius 3 is 2.55 bits per heavy atom. The van der Waals surface area contributed by atoms with Crippen molar-refractivity contribution >= 4 is 9.84 Å². The van der Waals surface area contributed by atoms with Crippen molar-refractivity contribution in [2.45, 2.75) is 6.42 Å². The van der Waals surface area contributed by atoms with Gasteiger partial charge in [-0.25, -0.2) is 8.42 Å². The first-order valence-electron chi connectivity index (χ1n) is 3.18. The predicted molar refractivity (Wildman–Crippen MR) is 40.8 cm³/mol. The zero-order valence-electron chi connectivity index (χ0n) is 6.41. The quantitative estimate of drug-likeness (QED) is 0.553. The summed E-state index contributed by atoms with van der Waals surface area (Å²) in [5.41, 5.74) is 0. The van der Waals surface area contributed by atoms with Crippen LogP contribution in [-0.2, 0) is 14.6 Å². The lowest BCUT2D eigenvalue weighted by atomic mass is 10.5. The summed E-state index contributed by atoms with van der Waals surface area (Å²) in [6.07, 6.45) is 1.46. The van der Waals surface area contributed by atoms with Crippen molar-refractivity contribution in [1.29, 1.82) is 5.26 Å². The van der Waals surface area contributed by atoms with E-state index in [0.29, 0.717) is 13.0 Å². The summed E-state index contributed by atoms with van der Waals surface area (Å²) in [7, 11) is -2.92. The van der Waals surface area contributed by atoms with Gasteiger partial charge in [-0.2, -0.15) is 5.26 Å². The van der Waals surface area contributed by atoms with Crippen molar-refractivity contribution in [2.75, 3.05) is 25.2 Å². The third-order valence-corrected chi connectivity index (χ3v) is 1.86. The molecule has 0 amide bonds. The smallest absolute Gasteiger partial charge is 0.149 e. The highest BCUT2D eigenvalue weighted by atomic mass is 32.2. The summed E-state index contributed by atoms with van der Waals surface area (Å²) in [5, 5.41) is 8.08. The lowest BCUT2D eigenvalue weighted by Crippen LogP contribution is -2.10. The van der Waals surface area contributed by atoms with Crippen LogP contribution in [0.2, 0.25) is 0 Å². The highest BCUT2D eigenvalue weighted by molar-refractivity contribution is 7.90. The maximum Gasteiger partial charge on any atom is 0.149 e. The molecule has 0 unspecified atom stereocenters. The van der Waals surface area contributed by atoms with E-state index in [2.05, 4.69) is 0 Å². The fraction of sp³-hybridized carbons (Fsp3) is 0.833. The number of nitriles is 1. The van der Waals surface area contributed by atoms with Gasteiger partial charge in [0.2, 0.25) is 0 Å². The number of rotatable bonds is 5.